The minimum absolute atomic E-state index is 0.316. The first-order chi connectivity index (χ1) is 11.8. The fourth-order valence-corrected chi connectivity index (χ4v) is 3.20. The topological polar surface area (TPSA) is 26.3 Å². The summed E-state index contributed by atoms with van der Waals surface area (Å²) in [5.41, 5.74) is 2.82. The van der Waals surface area contributed by atoms with E-state index in [0.717, 1.165) is 21.9 Å². The van der Waals surface area contributed by atoms with Crippen molar-refractivity contribution in [3.63, 3.8) is 0 Å². The molecule has 0 fully saturated rings. The normalized spacial score (nSPS) is 10.9. The van der Waals surface area contributed by atoms with Gasteiger partial charge in [0.15, 0.2) is 0 Å². The lowest BCUT2D eigenvalue weighted by Gasteiger charge is -2.12. The van der Waals surface area contributed by atoms with Crippen LogP contribution in [0.25, 0.3) is 32.7 Å². The van der Waals surface area contributed by atoms with Crippen molar-refractivity contribution < 1.29 is 9.53 Å². The van der Waals surface area contributed by atoms with Crippen molar-refractivity contribution in [2.45, 2.75) is 0 Å². The monoisotopic (exact) mass is 312 g/mol. The highest BCUT2D eigenvalue weighted by molar-refractivity contribution is 6.15. The van der Waals surface area contributed by atoms with Gasteiger partial charge in [-0.15, -0.1) is 0 Å². The summed E-state index contributed by atoms with van der Waals surface area (Å²) in [6.45, 7) is 0. The number of carbonyl (C=O) groups excluding carboxylic acids is 1. The van der Waals surface area contributed by atoms with Crippen LogP contribution in [0.3, 0.4) is 0 Å². The number of fused-ring (bicyclic) bond motifs is 3. The molecule has 0 amide bonds. The maximum Gasteiger partial charge on any atom is 0.337 e. The van der Waals surface area contributed by atoms with Gasteiger partial charge in [-0.25, -0.2) is 4.79 Å². The summed E-state index contributed by atoms with van der Waals surface area (Å²) in [7, 11) is 1.41. The molecule has 0 aliphatic heterocycles. The molecule has 116 valence electrons. The molecule has 0 spiro atoms. The Balaban J connectivity index is 2.12. The third-order valence-electron chi connectivity index (χ3n) is 4.37. The van der Waals surface area contributed by atoms with Gasteiger partial charge in [0.05, 0.1) is 12.7 Å². The zero-order valence-corrected chi connectivity index (χ0v) is 13.3. The molecule has 0 aliphatic rings. The van der Waals surface area contributed by atoms with Crippen LogP contribution in [0.4, 0.5) is 0 Å². The minimum Gasteiger partial charge on any atom is -0.465 e. The van der Waals surface area contributed by atoms with Gasteiger partial charge in [-0.05, 0) is 50.9 Å². The second-order valence-electron chi connectivity index (χ2n) is 5.76. The van der Waals surface area contributed by atoms with E-state index in [1.165, 1.54) is 17.9 Å². The second-order valence-corrected chi connectivity index (χ2v) is 5.76. The van der Waals surface area contributed by atoms with E-state index < -0.39 is 0 Å². The van der Waals surface area contributed by atoms with Crippen LogP contribution in [0.2, 0.25) is 0 Å². The van der Waals surface area contributed by atoms with Gasteiger partial charge < -0.3 is 4.74 Å². The Bertz CT molecular complexity index is 1050. The molecule has 0 atom stereocenters. The summed E-state index contributed by atoms with van der Waals surface area (Å²) in [6, 6.07) is 26.5. The average molecular weight is 312 g/mol. The van der Waals surface area contributed by atoms with Crippen LogP contribution in [0, 0.1) is 0 Å². The fraction of sp³-hybridized carbons (Fsp3) is 0.0455. The van der Waals surface area contributed by atoms with Crippen LogP contribution >= 0.6 is 0 Å². The molecule has 0 aliphatic carbocycles. The number of rotatable bonds is 2. The summed E-state index contributed by atoms with van der Waals surface area (Å²) in [5, 5.41) is 4.57. The standard InChI is InChI=1S/C22H16O2/c1-24-22(23)17-11-12-19-18-10-6-5-9-16(18)13-20(21(19)14-17)15-7-3-2-4-8-15/h2-14H,1H3. The molecule has 0 N–H and O–H groups in total. The third kappa shape index (κ3) is 2.33. The van der Waals surface area contributed by atoms with Gasteiger partial charge in [-0.3, -0.25) is 0 Å². The van der Waals surface area contributed by atoms with Crippen molar-refractivity contribution in [1.29, 1.82) is 0 Å². The van der Waals surface area contributed by atoms with Gasteiger partial charge in [0.2, 0.25) is 0 Å². The number of hydrogen-bond acceptors (Lipinski definition) is 2. The average Bonchev–Trinajstić information content (AvgIpc) is 2.67. The van der Waals surface area contributed by atoms with Gasteiger partial charge in [0.25, 0.3) is 0 Å². The highest BCUT2D eigenvalue weighted by Gasteiger charge is 2.12. The summed E-state index contributed by atoms with van der Waals surface area (Å²) >= 11 is 0. The van der Waals surface area contributed by atoms with Gasteiger partial charge in [-0.1, -0.05) is 60.7 Å². The molecule has 0 saturated heterocycles. The summed E-state index contributed by atoms with van der Waals surface area (Å²) in [5.74, 6) is -0.316. The van der Waals surface area contributed by atoms with Crippen LogP contribution in [0.5, 0.6) is 0 Å². The number of esters is 1. The van der Waals surface area contributed by atoms with Crippen molar-refractivity contribution in [1.82, 2.24) is 0 Å². The number of hydrogen-bond donors (Lipinski definition) is 0. The number of benzene rings is 4. The number of ether oxygens (including phenoxy) is 1. The molecular formula is C22H16O2. The first-order valence-electron chi connectivity index (χ1n) is 7.87. The van der Waals surface area contributed by atoms with Crippen LogP contribution in [0.15, 0.2) is 78.9 Å². The van der Waals surface area contributed by atoms with E-state index in [2.05, 4.69) is 30.3 Å². The SMILES string of the molecule is COC(=O)c1ccc2c(c1)c(-c1ccccc1)cc1ccccc12. The summed E-state index contributed by atoms with van der Waals surface area (Å²) in [6.07, 6.45) is 0. The van der Waals surface area contributed by atoms with Gasteiger partial charge in [0, 0.05) is 0 Å². The predicted molar refractivity (Wildman–Crippen MR) is 98.2 cm³/mol. The van der Waals surface area contributed by atoms with E-state index in [-0.39, 0.29) is 5.97 Å². The van der Waals surface area contributed by atoms with E-state index in [9.17, 15) is 4.79 Å². The van der Waals surface area contributed by atoms with Gasteiger partial charge in [0.1, 0.15) is 0 Å². The Hall–Kier alpha value is -3.13. The zero-order valence-electron chi connectivity index (χ0n) is 13.3. The van der Waals surface area contributed by atoms with E-state index in [0.29, 0.717) is 5.56 Å². The molecule has 0 unspecified atom stereocenters. The number of methoxy groups -OCH3 is 1. The zero-order chi connectivity index (χ0) is 16.5. The minimum atomic E-state index is -0.316. The highest BCUT2D eigenvalue weighted by atomic mass is 16.5. The molecule has 4 aromatic carbocycles. The molecule has 0 heterocycles. The first-order valence-corrected chi connectivity index (χ1v) is 7.87. The van der Waals surface area contributed by atoms with E-state index in [1.807, 2.05) is 48.5 Å². The Morgan fingerprint density at radius 3 is 2.29 bits per heavy atom. The van der Waals surface area contributed by atoms with Gasteiger partial charge in [-0.2, -0.15) is 0 Å². The molecule has 0 saturated carbocycles. The predicted octanol–water partition coefficient (Wildman–Crippen LogP) is 5.45. The summed E-state index contributed by atoms with van der Waals surface area (Å²) < 4.78 is 4.88. The van der Waals surface area contributed by atoms with E-state index in [1.54, 1.807) is 0 Å². The molecule has 24 heavy (non-hydrogen) atoms. The van der Waals surface area contributed by atoms with E-state index in [4.69, 9.17) is 4.74 Å². The summed E-state index contributed by atoms with van der Waals surface area (Å²) in [4.78, 5) is 11.9. The number of carbonyl (C=O) groups is 1. The molecule has 2 heteroatoms. The molecule has 0 aromatic heterocycles. The molecule has 4 rings (SSSR count). The van der Waals surface area contributed by atoms with Crippen LogP contribution in [-0.4, -0.2) is 13.1 Å². The lowest BCUT2D eigenvalue weighted by Crippen LogP contribution is -2.00. The molecule has 0 bridgehead atoms. The maximum atomic E-state index is 11.9. The molecule has 4 aromatic rings. The Labute approximate surface area is 140 Å². The lowest BCUT2D eigenvalue weighted by atomic mass is 9.92. The van der Waals surface area contributed by atoms with Crippen molar-refractivity contribution in [2.24, 2.45) is 0 Å². The fourth-order valence-electron chi connectivity index (χ4n) is 3.20. The maximum absolute atomic E-state index is 11.9. The van der Waals surface area contributed by atoms with Crippen LogP contribution < -0.4 is 0 Å². The second kappa shape index (κ2) is 5.82. The van der Waals surface area contributed by atoms with Crippen LogP contribution in [-0.2, 0) is 4.74 Å². The lowest BCUT2D eigenvalue weighted by molar-refractivity contribution is 0.0601. The third-order valence-corrected chi connectivity index (χ3v) is 4.37. The quantitative estimate of drug-likeness (QED) is 0.363. The van der Waals surface area contributed by atoms with Crippen molar-refractivity contribution in [2.75, 3.05) is 7.11 Å². The smallest absolute Gasteiger partial charge is 0.337 e. The molecular weight excluding hydrogens is 296 g/mol. The Morgan fingerprint density at radius 1 is 0.750 bits per heavy atom. The van der Waals surface area contributed by atoms with Crippen molar-refractivity contribution in [3.8, 4) is 11.1 Å². The van der Waals surface area contributed by atoms with Crippen LogP contribution in [0.1, 0.15) is 10.4 Å². The van der Waals surface area contributed by atoms with Crippen molar-refractivity contribution in [3.05, 3.63) is 84.4 Å². The highest BCUT2D eigenvalue weighted by Crippen LogP contribution is 2.35. The molecule has 0 radical (unpaired) electrons. The van der Waals surface area contributed by atoms with E-state index >= 15 is 0 Å². The largest absolute Gasteiger partial charge is 0.465 e. The van der Waals surface area contributed by atoms with Crippen molar-refractivity contribution >= 4 is 27.5 Å². The molecule has 2 nitrogen and oxygen atoms in total. The Morgan fingerprint density at radius 2 is 1.50 bits per heavy atom. The van der Waals surface area contributed by atoms with Gasteiger partial charge >= 0.3 is 5.97 Å². The first kappa shape index (κ1) is 14.5. The Kier molecular flexibility index (Phi) is 3.51.